The average Bonchev–Trinajstić information content (AvgIpc) is 2.23. The highest BCUT2D eigenvalue weighted by atomic mass is 19.2. The number of halogens is 2. The molecule has 16 heavy (non-hydrogen) atoms. The molecule has 0 amide bonds. The fourth-order valence-corrected chi connectivity index (χ4v) is 1.30. The molecule has 0 fully saturated rings. The Kier molecular flexibility index (Phi) is 3.38. The molecule has 0 radical (unpaired) electrons. The Morgan fingerprint density at radius 2 is 2.06 bits per heavy atom. The molecule has 0 aliphatic heterocycles. The number of benzene rings is 1. The van der Waals surface area contributed by atoms with Gasteiger partial charge in [0.25, 0.3) is 0 Å². The van der Waals surface area contributed by atoms with Crippen LogP contribution in [0, 0.1) is 28.4 Å². The van der Waals surface area contributed by atoms with Crippen LogP contribution >= 0.6 is 0 Å². The lowest BCUT2D eigenvalue weighted by molar-refractivity contribution is -0.123. The van der Waals surface area contributed by atoms with Crippen molar-refractivity contribution in [2.45, 2.75) is 20.3 Å². The second kappa shape index (κ2) is 4.40. The number of carbonyl (C=O) groups excluding carboxylic acids is 1. The number of nitriles is 1. The fourth-order valence-electron chi connectivity index (χ4n) is 1.30. The second-order valence-electron chi connectivity index (χ2n) is 3.93. The lowest BCUT2D eigenvalue weighted by atomic mass is 9.82. The zero-order valence-corrected chi connectivity index (χ0v) is 9.05. The Balaban J connectivity index is 3.01. The summed E-state index contributed by atoms with van der Waals surface area (Å²) < 4.78 is 25.6. The van der Waals surface area contributed by atoms with Gasteiger partial charge in [-0.15, -0.1) is 0 Å². The van der Waals surface area contributed by atoms with E-state index in [-0.39, 0.29) is 12.2 Å². The zero-order valence-electron chi connectivity index (χ0n) is 9.05. The number of ketones is 1. The summed E-state index contributed by atoms with van der Waals surface area (Å²) in [6.07, 6.45) is 0.0794. The quantitative estimate of drug-likeness (QED) is 0.790. The minimum atomic E-state index is -1.19. The van der Waals surface area contributed by atoms with Crippen molar-refractivity contribution in [3.05, 3.63) is 35.4 Å². The molecule has 0 N–H and O–H groups in total. The van der Waals surface area contributed by atoms with Crippen molar-refractivity contribution in [2.24, 2.45) is 5.41 Å². The summed E-state index contributed by atoms with van der Waals surface area (Å²) in [6, 6.07) is 5.26. The Labute approximate surface area is 92.5 Å². The van der Waals surface area contributed by atoms with Gasteiger partial charge in [0.1, 0.15) is 11.2 Å². The molecule has 1 rings (SSSR count). The van der Waals surface area contributed by atoms with Crippen LogP contribution in [0.5, 0.6) is 0 Å². The van der Waals surface area contributed by atoms with Gasteiger partial charge in [-0.3, -0.25) is 4.79 Å². The smallest absolute Gasteiger partial charge is 0.159 e. The SMILES string of the molecule is CC(=O)C(C)(C#N)Cc1ccc(F)c(F)c1. The first kappa shape index (κ1) is 12.3. The molecule has 0 aliphatic rings. The van der Waals surface area contributed by atoms with Crippen LogP contribution in [0.15, 0.2) is 18.2 Å². The standard InChI is InChI=1S/C12H11F2NO/c1-8(16)12(2,7-15)6-9-3-4-10(13)11(14)5-9/h3-5H,6H2,1-2H3. The van der Waals surface area contributed by atoms with E-state index in [9.17, 15) is 13.6 Å². The van der Waals surface area contributed by atoms with E-state index < -0.39 is 17.0 Å². The Morgan fingerprint density at radius 1 is 1.44 bits per heavy atom. The van der Waals surface area contributed by atoms with E-state index in [0.29, 0.717) is 5.56 Å². The summed E-state index contributed by atoms with van der Waals surface area (Å²) in [5, 5.41) is 8.90. The summed E-state index contributed by atoms with van der Waals surface area (Å²) in [6.45, 7) is 2.79. The number of hydrogen-bond donors (Lipinski definition) is 0. The molecule has 2 nitrogen and oxygen atoms in total. The average molecular weight is 223 g/mol. The van der Waals surface area contributed by atoms with Gasteiger partial charge in [0, 0.05) is 0 Å². The lowest BCUT2D eigenvalue weighted by Gasteiger charge is -2.17. The number of rotatable bonds is 3. The minimum Gasteiger partial charge on any atom is -0.298 e. The topological polar surface area (TPSA) is 40.9 Å². The number of Topliss-reactive ketones (excluding diaryl/α,β-unsaturated/α-hetero) is 1. The molecule has 0 bridgehead atoms. The summed E-state index contributed by atoms with van der Waals surface area (Å²) in [4.78, 5) is 11.3. The molecule has 1 aromatic carbocycles. The number of hydrogen-bond acceptors (Lipinski definition) is 2. The second-order valence-corrected chi connectivity index (χ2v) is 3.93. The molecule has 1 unspecified atom stereocenters. The van der Waals surface area contributed by atoms with Crippen molar-refractivity contribution in [3.63, 3.8) is 0 Å². The maximum atomic E-state index is 12.9. The van der Waals surface area contributed by atoms with Crippen LogP contribution in [0.2, 0.25) is 0 Å². The van der Waals surface area contributed by atoms with Crippen LogP contribution in [0.1, 0.15) is 19.4 Å². The van der Waals surface area contributed by atoms with Gasteiger partial charge in [0.15, 0.2) is 11.6 Å². The van der Waals surface area contributed by atoms with Gasteiger partial charge in [-0.1, -0.05) is 6.07 Å². The first-order chi connectivity index (χ1) is 7.39. The van der Waals surface area contributed by atoms with Crippen LogP contribution in [0.25, 0.3) is 0 Å². The van der Waals surface area contributed by atoms with Gasteiger partial charge in [-0.05, 0) is 38.0 Å². The van der Waals surface area contributed by atoms with Gasteiger partial charge in [0.2, 0.25) is 0 Å². The maximum Gasteiger partial charge on any atom is 0.159 e. The zero-order chi connectivity index (χ0) is 12.3. The van der Waals surface area contributed by atoms with Gasteiger partial charge in [-0.2, -0.15) is 5.26 Å². The predicted molar refractivity (Wildman–Crippen MR) is 54.5 cm³/mol. The molecule has 0 heterocycles. The van der Waals surface area contributed by atoms with Crippen molar-refractivity contribution in [3.8, 4) is 6.07 Å². The van der Waals surface area contributed by atoms with E-state index in [1.54, 1.807) is 0 Å². The van der Waals surface area contributed by atoms with Crippen LogP contribution in [-0.2, 0) is 11.2 Å². The van der Waals surface area contributed by atoms with Crippen molar-refractivity contribution in [1.29, 1.82) is 5.26 Å². The predicted octanol–water partition coefficient (Wildman–Crippen LogP) is 2.63. The highest BCUT2D eigenvalue weighted by Crippen LogP contribution is 2.23. The van der Waals surface area contributed by atoms with Crippen molar-refractivity contribution in [1.82, 2.24) is 0 Å². The molecule has 4 heteroatoms. The third kappa shape index (κ3) is 2.43. The Morgan fingerprint density at radius 3 is 2.50 bits per heavy atom. The molecular formula is C12H11F2NO. The van der Waals surface area contributed by atoms with Gasteiger partial charge in [0.05, 0.1) is 6.07 Å². The molecule has 0 saturated heterocycles. The molecule has 0 spiro atoms. The van der Waals surface area contributed by atoms with E-state index in [2.05, 4.69) is 0 Å². The Bertz CT molecular complexity index is 465. The van der Waals surface area contributed by atoms with E-state index in [4.69, 9.17) is 5.26 Å². The molecular weight excluding hydrogens is 212 g/mol. The van der Waals surface area contributed by atoms with Gasteiger partial charge >= 0.3 is 0 Å². The molecule has 1 atom stereocenters. The van der Waals surface area contributed by atoms with Gasteiger partial charge in [-0.25, -0.2) is 8.78 Å². The monoisotopic (exact) mass is 223 g/mol. The summed E-state index contributed by atoms with van der Waals surface area (Å²) in [5.74, 6) is -2.20. The molecule has 1 aromatic rings. The largest absolute Gasteiger partial charge is 0.298 e. The highest BCUT2D eigenvalue weighted by Gasteiger charge is 2.30. The molecule has 0 aliphatic carbocycles. The summed E-state index contributed by atoms with van der Waals surface area (Å²) in [5.41, 5.74) is -0.761. The third-order valence-electron chi connectivity index (χ3n) is 2.57. The molecule has 84 valence electrons. The summed E-state index contributed by atoms with van der Waals surface area (Å²) >= 11 is 0. The first-order valence-corrected chi connectivity index (χ1v) is 4.75. The van der Waals surface area contributed by atoms with Crippen LogP contribution in [-0.4, -0.2) is 5.78 Å². The first-order valence-electron chi connectivity index (χ1n) is 4.75. The van der Waals surface area contributed by atoms with Crippen LogP contribution < -0.4 is 0 Å². The van der Waals surface area contributed by atoms with E-state index in [1.807, 2.05) is 6.07 Å². The van der Waals surface area contributed by atoms with Gasteiger partial charge < -0.3 is 0 Å². The highest BCUT2D eigenvalue weighted by molar-refractivity contribution is 5.85. The minimum absolute atomic E-state index is 0.0794. The Hall–Kier alpha value is -1.76. The van der Waals surface area contributed by atoms with Crippen molar-refractivity contribution < 1.29 is 13.6 Å². The molecule has 0 saturated carbocycles. The van der Waals surface area contributed by atoms with Crippen molar-refractivity contribution in [2.75, 3.05) is 0 Å². The summed E-state index contributed by atoms with van der Waals surface area (Å²) in [7, 11) is 0. The van der Waals surface area contributed by atoms with Crippen LogP contribution in [0.3, 0.4) is 0 Å². The lowest BCUT2D eigenvalue weighted by Crippen LogP contribution is -2.26. The molecule has 0 aromatic heterocycles. The normalized spacial score (nSPS) is 13.9. The van der Waals surface area contributed by atoms with Crippen LogP contribution in [0.4, 0.5) is 8.78 Å². The van der Waals surface area contributed by atoms with E-state index in [0.717, 1.165) is 12.1 Å². The number of nitrogens with zero attached hydrogens (tertiary/aromatic N) is 1. The fraction of sp³-hybridized carbons (Fsp3) is 0.333. The maximum absolute atomic E-state index is 12.9. The third-order valence-corrected chi connectivity index (χ3v) is 2.57. The van der Waals surface area contributed by atoms with E-state index >= 15 is 0 Å². The number of carbonyl (C=O) groups is 1. The van der Waals surface area contributed by atoms with Crippen molar-refractivity contribution >= 4 is 5.78 Å². The van der Waals surface area contributed by atoms with E-state index in [1.165, 1.54) is 19.9 Å².